The van der Waals surface area contributed by atoms with Gasteiger partial charge in [-0.05, 0) is 31.2 Å². The van der Waals surface area contributed by atoms with Gasteiger partial charge in [0.15, 0.2) is 0 Å². The van der Waals surface area contributed by atoms with Gasteiger partial charge in [-0.2, -0.15) is 0 Å². The normalized spacial score (nSPS) is 10.4. The molecule has 0 aliphatic carbocycles. The fourth-order valence-electron chi connectivity index (χ4n) is 1.60. The first kappa shape index (κ1) is 10.4. The first-order chi connectivity index (χ1) is 7.58. The van der Waals surface area contributed by atoms with Crippen molar-refractivity contribution in [2.75, 3.05) is 5.32 Å². The second-order valence-corrected chi connectivity index (χ2v) is 3.66. The summed E-state index contributed by atoms with van der Waals surface area (Å²) in [5.74, 6) is -0.170. The number of pyridine rings is 1. The molecule has 4 heteroatoms. The van der Waals surface area contributed by atoms with Crippen molar-refractivity contribution in [2.24, 2.45) is 0 Å². The van der Waals surface area contributed by atoms with Crippen molar-refractivity contribution in [1.29, 1.82) is 0 Å². The van der Waals surface area contributed by atoms with Crippen LogP contribution >= 0.6 is 0 Å². The van der Waals surface area contributed by atoms with Crippen LogP contribution in [0.15, 0.2) is 24.3 Å². The monoisotopic (exact) mass is 216 g/mol. The Kier molecular flexibility index (Phi) is 2.48. The number of carbonyl (C=O) groups is 1. The minimum absolute atomic E-state index is 0.0494. The summed E-state index contributed by atoms with van der Waals surface area (Å²) < 4.78 is 0. The van der Waals surface area contributed by atoms with Crippen molar-refractivity contribution in [2.45, 2.75) is 13.8 Å². The van der Waals surface area contributed by atoms with Crippen molar-refractivity contribution < 1.29 is 9.90 Å². The number of nitrogens with zero attached hydrogens (tertiary/aromatic N) is 1. The predicted molar refractivity (Wildman–Crippen MR) is 62.4 cm³/mol. The van der Waals surface area contributed by atoms with Gasteiger partial charge in [0.1, 0.15) is 5.75 Å². The SMILES string of the molecule is CC(=O)Nc1c(O)ccc2nc(C)ccc12. The summed E-state index contributed by atoms with van der Waals surface area (Å²) in [6, 6.07) is 6.93. The van der Waals surface area contributed by atoms with Crippen LogP contribution in [-0.2, 0) is 4.79 Å². The highest BCUT2D eigenvalue weighted by atomic mass is 16.3. The minimum Gasteiger partial charge on any atom is -0.506 e. The molecule has 1 heterocycles. The van der Waals surface area contributed by atoms with Gasteiger partial charge in [0, 0.05) is 18.0 Å². The Morgan fingerprint density at radius 3 is 2.75 bits per heavy atom. The maximum Gasteiger partial charge on any atom is 0.221 e. The Morgan fingerprint density at radius 2 is 2.06 bits per heavy atom. The zero-order valence-corrected chi connectivity index (χ0v) is 9.11. The fraction of sp³-hybridized carbons (Fsp3) is 0.167. The highest BCUT2D eigenvalue weighted by Gasteiger charge is 2.08. The van der Waals surface area contributed by atoms with Crippen molar-refractivity contribution in [3.05, 3.63) is 30.0 Å². The number of hydrogen-bond acceptors (Lipinski definition) is 3. The van der Waals surface area contributed by atoms with Gasteiger partial charge < -0.3 is 10.4 Å². The van der Waals surface area contributed by atoms with Gasteiger partial charge in [-0.15, -0.1) is 0 Å². The molecule has 0 unspecified atom stereocenters. The Labute approximate surface area is 92.9 Å². The third-order valence-corrected chi connectivity index (χ3v) is 2.29. The lowest BCUT2D eigenvalue weighted by atomic mass is 10.1. The molecule has 0 fully saturated rings. The number of phenols is 1. The van der Waals surface area contributed by atoms with Crippen LogP contribution in [0.4, 0.5) is 5.69 Å². The van der Waals surface area contributed by atoms with Crippen LogP contribution in [-0.4, -0.2) is 16.0 Å². The molecule has 0 atom stereocenters. The molecule has 16 heavy (non-hydrogen) atoms. The lowest BCUT2D eigenvalue weighted by molar-refractivity contribution is -0.114. The number of rotatable bonds is 1. The molecule has 0 spiro atoms. The summed E-state index contributed by atoms with van der Waals surface area (Å²) >= 11 is 0. The zero-order chi connectivity index (χ0) is 11.7. The molecule has 0 saturated heterocycles. The molecular weight excluding hydrogens is 204 g/mol. The number of amides is 1. The van der Waals surface area contributed by atoms with E-state index in [-0.39, 0.29) is 11.7 Å². The van der Waals surface area contributed by atoms with E-state index < -0.39 is 0 Å². The molecule has 0 radical (unpaired) electrons. The molecule has 1 aromatic heterocycles. The maximum absolute atomic E-state index is 11.0. The minimum atomic E-state index is -0.219. The highest BCUT2D eigenvalue weighted by Crippen LogP contribution is 2.31. The van der Waals surface area contributed by atoms with Crippen molar-refractivity contribution in [3.63, 3.8) is 0 Å². The Bertz CT molecular complexity index is 564. The van der Waals surface area contributed by atoms with Crippen LogP contribution in [0.25, 0.3) is 10.9 Å². The number of aromatic hydroxyl groups is 1. The summed E-state index contributed by atoms with van der Waals surface area (Å²) in [6.07, 6.45) is 0. The number of phenolic OH excluding ortho intramolecular Hbond substituents is 1. The molecule has 0 aliphatic rings. The summed E-state index contributed by atoms with van der Waals surface area (Å²) in [4.78, 5) is 15.4. The van der Waals surface area contributed by atoms with Gasteiger partial charge >= 0.3 is 0 Å². The number of anilines is 1. The van der Waals surface area contributed by atoms with Crippen molar-refractivity contribution in [1.82, 2.24) is 4.98 Å². The molecule has 0 bridgehead atoms. The van der Waals surface area contributed by atoms with Crippen LogP contribution in [0.1, 0.15) is 12.6 Å². The third kappa shape index (κ3) is 1.82. The largest absolute Gasteiger partial charge is 0.506 e. The second kappa shape index (κ2) is 3.81. The fourth-order valence-corrected chi connectivity index (χ4v) is 1.60. The predicted octanol–water partition coefficient (Wildman–Crippen LogP) is 2.21. The molecule has 2 N–H and O–H groups in total. The first-order valence-corrected chi connectivity index (χ1v) is 4.95. The number of aryl methyl sites for hydroxylation is 1. The quantitative estimate of drug-likeness (QED) is 0.718. The van der Waals surface area contributed by atoms with Crippen molar-refractivity contribution in [3.8, 4) is 5.75 Å². The van der Waals surface area contributed by atoms with E-state index in [1.807, 2.05) is 19.1 Å². The molecule has 1 amide bonds. The number of hydrogen-bond donors (Lipinski definition) is 2. The van der Waals surface area contributed by atoms with Gasteiger partial charge in [-0.3, -0.25) is 9.78 Å². The standard InChI is InChI=1S/C12H12N2O2/c1-7-3-4-9-10(13-7)5-6-11(16)12(9)14-8(2)15/h3-6,16H,1-2H3,(H,14,15). The molecule has 0 aliphatic heterocycles. The van der Waals surface area contributed by atoms with E-state index in [0.717, 1.165) is 16.6 Å². The Morgan fingerprint density at radius 1 is 1.31 bits per heavy atom. The number of aromatic nitrogens is 1. The summed E-state index contributed by atoms with van der Waals surface area (Å²) in [5, 5.41) is 13.0. The van der Waals surface area contributed by atoms with Crippen LogP contribution in [0.3, 0.4) is 0 Å². The Hall–Kier alpha value is -2.10. The summed E-state index contributed by atoms with van der Waals surface area (Å²) in [7, 11) is 0. The molecule has 2 aromatic rings. The number of benzene rings is 1. The van der Waals surface area contributed by atoms with Gasteiger partial charge in [0.25, 0.3) is 0 Å². The second-order valence-electron chi connectivity index (χ2n) is 3.66. The first-order valence-electron chi connectivity index (χ1n) is 4.95. The van der Waals surface area contributed by atoms with Crippen LogP contribution in [0, 0.1) is 6.92 Å². The average molecular weight is 216 g/mol. The van der Waals surface area contributed by atoms with E-state index in [1.165, 1.54) is 13.0 Å². The molecular formula is C12H12N2O2. The number of nitrogens with one attached hydrogen (secondary N) is 1. The lowest BCUT2D eigenvalue weighted by Crippen LogP contribution is -2.06. The maximum atomic E-state index is 11.0. The number of fused-ring (bicyclic) bond motifs is 1. The summed E-state index contributed by atoms with van der Waals surface area (Å²) in [5.41, 5.74) is 2.06. The zero-order valence-electron chi connectivity index (χ0n) is 9.11. The van der Waals surface area contributed by atoms with Crippen LogP contribution in [0.2, 0.25) is 0 Å². The van der Waals surface area contributed by atoms with E-state index in [0.29, 0.717) is 5.69 Å². The third-order valence-electron chi connectivity index (χ3n) is 2.29. The topological polar surface area (TPSA) is 62.2 Å². The van der Waals surface area contributed by atoms with Crippen LogP contribution in [0.5, 0.6) is 5.75 Å². The van der Waals surface area contributed by atoms with E-state index >= 15 is 0 Å². The number of carbonyl (C=O) groups excluding carboxylic acids is 1. The molecule has 2 rings (SSSR count). The highest BCUT2D eigenvalue weighted by molar-refractivity contribution is 6.02. The molecule has 0 saturated carbocycles. The summed E-state index contributed by atoms with van der Waals surface area (Å²) in [6.45, 7) is 3.30. The Balaban J connectivity index is 2.69. The van der Waals surface area contributed by atoms with Gasteiger partial charge in [0.2, 0.25) is 5.91 Å². The molecule has 82 valence electrons. The van der Waals surface area contributed by atoms with Crippen LogP contribution < -0.4 is 5.32 Å². The molecule has 1 aromatic carbocycles. The van der Waals surface area contributed by atoms with Gasteiger partial charge in [-0.25, -0.2) is 0 Å². The van der Waals surface area contributed by atoms with E-state index in [9.17, 15) is 9.90 Å². The van der Waals surface area contributed by atoms with E-state index in [2.05, 4.69) is 10.3 Å². The van der Waals surface area contributed by atoms with Gasteiger partial charge in [-0.1, -0.05) is 0 Å². The van der Waals surface area contributed by atoms with Crippen molar-refractivity contribution >= 4 is 22.5 Å². The van der Waals surface area contributed by atoms with E-state index in [4.69, 9.17) is 0 Å². The van der Waals surface area contributed by atoms with Gasteiger partial charge in [0.05, 0.1) is 11.2 Å². The average Bonchev–Trinajstić information content (AvgIpc) is 2.22. The molecule has 4 nitrogen and oxygen atoms in total. The van der Waals surface area contributed by atoms with E-state index in [1.54, 1.807) is 6.07 Å². The lowest BCUT2D eigenvalue weighted by Gasteiger charge is -2.09. The smallest absolute Gasteiger partial charge is 0.221 e.